The zero-order valence-electron chi connectivity index (χ0n) is 16.6. The Kier molecular flexibility index (Phi) is 6.12. The summed E-state index contributed by atoms with van der Waals surface area (Å²) in [5.41, 5.74) is 4.46. The number of aryl methyl sites for hydroxylation is 1. The van der Waals surface area contributed by atoms with E-state index in [0.717, 1.165) is 41.8 Å². The molecule has 1 aliphatic rings. The lowest BCUT2D eigenvalue weighted by molar-refractivity contribution is 0.0597. The van der Waals surface area contributed by atoms with Crippen LogP contribution in [0.4, 0.5) is 0 Å². The predicted molar refractivity (Wildman–Crippen MR) is 121 cm³/mol. The summed E-state index contributed by atoms with van der Waals surface area (Å²) in [6.45, 7) is 5.22. The molecule has 4 rings (SSSR count). The van der Waals surface area contributed by atoms with Gasteiger partial charge in [-0.3, -0.25) is 9.69 Å². The normalized spacial score (nSPS) is 15.9. The molecule has 29 heavy (non-hydrogen) atoms. The molecule has 0 saturated carbocycles. The van der Waals surface area contributed by atoms with Crippen LogP contribution in [0.2, 0.25) is 0 Å². The van der Waals surface area contributed by atoms with Gasteiger partial charge in [0.05, 0.1) is 6.04 Å². The van der Waals surface area contributed by atoms with Crippen molar-refractivity contribution in [2.45, 2.75) is 13.0 Å². The van der Waals surface area contributed by atoms with Crippen molar-refractivity contribution in [3.63, 3.8) is 0 Å². The van der Waals surface area contributed by atoms with Gasteiger partial charge in [0.2, 0.25) is 0 Å². The van der Waals surface area contributed by atoms with Crippen molar-refractivity contribution >= 4 is 21.8 Å². The number of hydrogen-bond acceptors (Lipinski definition) is 2. The molecule has 1 aliphatic heterocycles. The molecule has 0 bridgehead atoms. The van der Waals surface area contributed by atoms with Crippen LogP contribution in [-0.4, -0.2) is 41.9 Å². The topological polar surface area (TPSA) is 23.6 Å². The van der Waals surface area contributed by atoms with E-state index < -0.39 is 0 Å². The summed E-state index contributed by atoms with van der Waals surface area (Å²) in [6.07, 6.45) is 0. The van der Waals surface area contributed by atoms with Crippen LogP contribution in [0.5, 0.6) is 0 Å². The average Bonchev–Trinajstić information content (AvgIpc) is 2.76. The maximum Gasteiger partial charge on any atom is 0.253 e. The van der Waals surface area contributed by atoms with Gasteiger partial charge in [0.15, 0.2) is 0 Å². The standard InChI is InChI=1S/C25H25BrN2O/c1-19-6-5-9-22(18-19)25(29)28-16-14-27(15-17-28)24(20-7-3-2-4-8-20)21-10-12-23(26)13-11-21/h2-13,18,24H,14-17H2,1H3/t24-/m1/s1. The Bertz CT molecular complexity index is 964. The lowest BCUT2D eigenvalue weighted by Gasteiger charge is -2.40. The van der Waals surface area contributed by atoms with Crippen LogP contribution < -0.4 is 0 Å². The summed E-state index contributed by atoms with van der Waals surface area (Å²) in [4.78, 5) is 17.4. The Hall–Kier alpha value is -2.43. The van der Waals surface area contributed by atoms with Crippen molar-refractivity contribution in [2.24, 2.45) is 0 Å². The van der Waals surface area contributed by atoms with Crippen LogP contribution in [0.15, 0.2) is 83.3 Å². The van der Waals surface area contributed by atoms with Gasteiger partial charge in [-0.05, 0) is 42.3 Å². The summed E-state index contributed by atoms with van der Waals surface area (Å²) < 4.78 is 1.08. The molecule has 0 N–H and O–H groups in total. The molecular formula is C25H25BrN2O. The largest absolute Gasteiger partial charge is 0.336 e. The third kappa shape index (κ3) is 4.60. The summed E-state index contributed by atoms with van der Waals surface area (Å²) in [5.74, 6) is 0.133. The number of nitrogens with zero attached hydrogens (tertiary/aromatic N) is 2. The first-order chi connectivity index (χ1) is 14.1. The predicted octanol–water partition coefficient (Wildman–Crippen LogP) is 5.30. The zero-order valence-corrected chi connectivity index (χ0v) is 18.2. The quantitative estimate of drug-likeness (QED) is 0.540. The smallest absolute Gasteiger partial charge is 0.253 e. The van der Waals surface area contributed by atoms with Crippen molar-refractivity contribution in [2.75, 3.05) is 26.2 Å². The van der Waals surface area contributed by atoms with Crippen molar-refractivity contribution in [1.82, 2.24) is 9.80 Å². The summed E-state index contributed by atoms with van der Waals surface area (Å²) in [7, 11) is 0. The van der Waals surface area contributed by atoms with Gasteiger partial charge in [-0.2, -0.15) is 0 Å². The maximum atomic E-state index is 12.9. The Morgan fingerprint density at radius 3 is 2.14 bits per heavy atom. The van der Waals surface area contributed by atoms with E-state index in [4.69, 9.17) is 0 Å². The fraction of sp³-hybridized carbons (Fsp3) is 0.240. The van der Waals surface area contributed by atoms with Gasteiger partial charge in [0, 0.05) is 36.2 Å². The van der Waals surface area contributed by atoms with Gasteiger partial charge in [0.25, 0.3) is 5.91 Å². The van der Waals surface area contributed by atoms with Crippen LogP contribution in [-0.2, 0) is 0 Å². The SMILES string of the molecule is Cc1cccc(C(=O)N2CCN([C@H](c3ccccc3)c3ccc(Br)cc3)CC2)c1. The highest BCUT2D eigenvalue weighted by molar-refractivity contribution is 9.10. The van der Waals surface area contributed by atoms with Gasteiger partial charge in [-0.15, -0.1) is 0 Å². The molecule has 4 heteroatoms. The van der Waals surface area contributed by atoms with Crippen molar-refractivity contribution < 1.29 is 4.79 Å². The third-order valence-corrected chi connectivity index (χ3v) is 6.06. The van der Waals surface area contributed by atoms with E-state index in [1.165, 1.54) is 11.1 Å². The molecule has 3 aromatic carbocycles. The number of rotatable bonds is 4. The highest BCUT2D eigenvalue weighted by Gasteiger charge is 2.28. The molecule has 1 amide bonds. The minimum absolute atomic E-state index is 0.133. The van der Waals surface area contributed by atoms with Gasteiger partial charge in [-0.25, -0.2) is 0 Å². The molecular weight excluding hydrogens is 424 g/mol. The van der Waals surface area contributed by atoms with E-state index in [0.29, 0.717) is 0 Å². The lowest BCUT2D eigenvalue weighted by Crippen LogP contribution is -2.49. The van der Waals surface area contributed by atoms with E-state index in [-0.39, 0.29) is 11.9 Å². The number of carbonyl (C=O) groups is 1. The van der Waals surface area contributed by atoms with Gasteiger partial charge in [-0.1, -0.05) is 76.1 Å². The fourth-order valence-corrected chi connectivity index (χ4v) is 4.30. The molecule has 1 heterocycles. The molecule has 0 aliphatic carbocycles. The van der Waals surface area contributed by atoms with E-state index in [9.17, 15) is 4.79 Å². The van der Waals surface area contributed by atoms with E-state index in [1.54, 1.807) is 0 Å². The number of amides is 1. The number of benzene rings is 3. The molecule has 0 aromatic heterocycles. The molecule has 1 atom stereocenters. The van der Waals surface area contributed by atoms with Crippen LogP contribution in [0.3, 0.4) is 0 Å². The lowest BCUT2D eigenvalue weighted by atomic mass is 9.96. The summed E-state index contributed by atoms with van der Waals surface area (Å²) in [6, 6.07) is 27.3. The Morgan fingerprint density at radius 2 is 1.48 bits per heavy atom. The number of piperazine rings is 1. The highest BCUT2D eigenvalue weighted by Crippen LogP contribution is 2.30. The number of hydrogen-bond donors (Lipinski definition) is 0. The van der Waals surface area contributed by atoms with E-state index in [1.807, 2.05) is 36.1 Å². The monoisotopic (exact) mass is 448 g/mol. The second-order valence-electron chi connectivity index (χ2n) is 7.56. The van der Waals surface area contributed by atoms with Crippen LogP contribution in [0, 0.1) is 6.92 Å². The second kappa shape index (κ2) is 8.93. The van der Waals surface area contributed by atoms with Crippen LogP contribution in [0.1, 0.15) is 33.1 Å². The van der Waals surface area contributed by atoms with Crippen LogP contribution >= 0.6 is 15.9 Å². The van der Waals surface area contributed by atoms with Gasteiger partial charge < -0.3 is 4.90 Å². The van der Waals surface area contributed by atoms with Crippen LogP contribution in [0.25, 0.3) is 0 Å². The minimum atomic E-state index is 0.133. The van der Waals surface area contributed by atoms with Crippen molar-refractivity contribution in [3.05, 3.63) is 106 Å². The van der Waals surface area contributed by atoms with E-state index >= 15 is 0 Å². The van der Waals surface area contributed by atoms with Crippen molar-refractivity contribution in [1.29, 1.82) is 0 Å². The summed E-state index contributed by atoms with van der Waals surface area (Å²) >= 11 is 3.54. The first-order valence-corrected chi connectivity index (χ1v) is 10.8. The Morgan fingerprint density at radius 1 is 0.828 bits per heavy atom. The minimum Gasteiger partial charge on any atom is -0.336 e. The third-order valence-electron chi connectivity index (χ3n) is 5.53. The molecule has 1 saturated heterocycles. The Balaban J connectivity index is 1.52. The first-order valence-electron chi connectivity index (χ1n) is 10.0. The first kappa shape index (κ1) is 19.9. The maximum absolute atomic E-state index is 12.9. The second-order valence-corrected chi connectivity index (χ2v) is 8.48. The molecule has 0 unspecified atom stereocenters. The Labute approximate surface area is 181 Å². The number of halogens is 1. The van der Waals surface area contributed by atoms with Gasteiger partial charge >= 0.3 is 0 Å². The fourth-order valence-electron chi connectivity index (χ4n) is 4.04. The number of carbonyl (C=O) groups excluding carboxylic acids is 1. The average molecular weight is 449 g/mol. The van der Waals surface area contributed by atoms with E-state index in [2.05, 4.69) is 75.4 Å². The molecule has 1 fully saturated rings. The molecule has 0 spiro atoms. The molecule has 0 radical (unpaired) electrons. The van der Waals surface area contributed by atoms with Crippen molar-refractivity contribution in [3.8, 4) is 0 Å². The summed E-state index contributed by atoms with van der Waals surface area (Å²) in [5, 5.41) is 0. The molecule has 3 aromatic rings. The molecule has 148 valence electrons. The molecule has 3 nitrogen and oxygen atoms in total. The van der Waals surface area contributed by atoms with Gasteiger partial charge in [0.1, 0.15) is 0 Å². The highest BCUT2D eigenvalue weighted by atomic mass is 79.9. The zero-order chi connectivity index (χ0) is 20.2.